The van der Waals surface area contributed by atoms with Crippen molar-refractivity contribution in [3.63, 3.8) is 0 Å². The first-order valence-corrected chi connectivity index (χ1v) is 16.6. The van der Waals surface area contributed by atoms with Gasteiger partial charge in [-0.15, -0.1) is 0 Å². The molecular weight excluding hydrogens is 630 g/mol. The predicted molar refractivity (Wildman–Crippen MR) is 159 cm³/mol. The summed E-state index contributed by atoms with van der Waals surface area (Å²) in [6.45, 7) is 11.6. The number of hydrogen-bond donors (Lipinski definition) is 2. The Hall–Kier alpha value is -2.07. The van der Waals surface area contributed by atoms with Gasteiger partial charge in [-0.25, -0.2) is 19.0 Å². The van der Waals surface area contributed by atoms with E-state index in [1.165, 1.54) is 17.8 Å². The Morgan fingerprint density at radius 1 is 1.33 bits per heavy atom. The zero-order valence-corrected chi connectivity index (χ0v) is 27.6. The van der Waals surface area contributed by atoms with E-state index in [2.05, 4.69) is 20.0 Å². The Morgan fingerprint density at radius 3 is 2.65 bits per heavy atom. The molecule has 3 rings (SSSR count). The topological polar surface area (TPSA) is 179 Å². The molecule has 0 aromatic carbocycles. The molecular formula is C25H39ClFN6O8PS. The summed E-state index contributed by atoms with van der Waals surface area (Å²) < 4.78 is 58.3. The van der Waals surface area contributed by atoms with E-state index >= 15 is 4.39 Å². The van der Waals surface area contributed by atoms with Gasteiger partial charge in [0, 0.05) is 17.6 Å². The number of nitrogen functional groups attached to an aromatic ring is 1. The third kappa shape index (κ3) is 9.46. The maximum absolute atomic E-state index is 15.7. The van der Waals surface area contributed by atoms with Crippen molar-refractivity contribution in [2.24, 2.45) is 5.41 Å². The smallest absolute Gasteiger partial charge is 0.406 e. The van der Waals surface area contributed by atoms with Crippen molar-refractivity contribution in [1.82, 2.24) is 24.6 Å². The number of imidazole rings is 1. The molecule has 2 aromatic heterocycles. The average Bonchev–Trinajstić information content (AvgIpc) is 3.43. The van der Waals surface area contributed by atoms with Crippen molar-refractivity contribution in [3.8, 4) is 5.88 Å². The molecule has 1 saturated heterocycles. The number of thioether (sulfide) groups is 1. The molecule has 0 saturated carbocycles. The summed E-state index contributed by atoms with van der Waals surface area (Å²) in [6.07, 6.45) is -1.90. The standard InChI is InChI=1S/C25H39ClFN6O8PS/c1-8-37-19-17-18(30-23(28)31-19)33(13-29-17)21-25(26,27)11-16(41-21)12-39-42(36,32-15(4)20(34)40-14(2)3)38-9-10-43-22(35)24(5,6)7/h13-16,21H,8-12H2,1-7H3,(H,32,36)(H2,28,30,31). The predicted octanol–water partition coefficient (Wildman–Crippen LogP) is 4.38. The molecule has 0 aliphatic carbocycles. The Bertz CT molecular complexity index is 1340. The minimum atomic E-state index is -4.20. The molecule has 0 bridgehead atoms. The van der Waals surface area contributed by atoms with Crippen molar-refractivity contribution < 1.29 is 41.8 Å². The van der Waals surface area contributed by atoms with Crippen molar-refractivity contribution in [2.45, 2.75) is 84.5 Å². The maximum atomic E-state index is 15.7. The molecule has 5 atom stereocenters. The Morgan fingerprint density at radius 2 is 2.02 bits per heavy atom. The molecule has 0 spiro atoms. The molecule has 1 fully saturated rings. The van der Waals surface area contributed by atoms with Gasteiger partial charge >= 0.3 is 13.7 Å². The molecule has 1 aliphatic rings. The second kappa shape index (κ2) is 14.4. The number of nitrogens with one attached hydrogen (secondary N) is 1. The Kier molecular flexibility index (Phi) is 11.8. The van der Waals surface area contributed by atoms with Crippen LogP contribution in [0.5, 0.6) is 5.88 Å². The SMILES string of the molecule is CCOc1nc(N)nc2c1ncn2C1OC(COP(=O)(NC(C)C(=O)OC(C)C)OCCSC(=O)C(C)(C)C)CC1(F)Cl. The Balaban J connectivity index is 1.74. The molecule has 5 unspecified atom stereocenters. The quantitative estimate of drug-likeness (QED) is 0.125. The number of fused-ring (bicyclic) bond motifs is 1. The molecule has 1 aliphatic heterocycles. The van der Waals surface area contributed by atoms with E-state index in [1.54, 1.807) is 41.5 Å². The number of esters is 1. The lowest BCUT2D eigenvalue weighted by atomic mass is 10.00. The maximum Gasteiger partial charge on any atom is 0.406 e. The van der Waals surface area contributed by atoms with E-state index in [-0.39, 0.29) is 53.5 Å². The van der Waals surface area contributed by atoms with Crippen LogP contribution in [0.25, 0.3) is 11.2 Å². The number of carbonyl (C=O) groups is 2. The minimum Gasteiger partial charge on any atom is -0.476 e. The van der Waals surface area contributed by atoms with Crippen LogP contribution in [-0.2, 0) is 32.7 Å². The van der Waals surface area contributed by atoms with E-state index in [4.69, 9.17) is 40.6 Å². The van der Waals surface area contributed by atoms with Crippen LogP contribution < -0.4 is 15.6 Å². The highest BCUT2D eigenvalue weighted by atomic mass is 35.5. The van der Waals surface area contributed by atoms with Gasteiger partial charge in [0.2, 0.25) is 17.0 Å². The van der Waals surface area contributed by atoms with Gasteiger partial charge < -0.3 is 19.9 Å². The van der Waals surface area contributed by atoms with Crippen molar-refractivity contribution in [2.75, 3.05) is 31.3 Å². The fourth-order valence-electron chi connectivity index (χ4n) is 3.84. The van der Waals surface area contributed by atoms with Crippen molar-refractivity contribution in [3.05, 3.63) is 6.33 Å². The molecule has 242 valence electrons. The number of rotatable bonds is 14. The summed E-state index contributed by atoms with van der Waals surface area (Å²) in [4.78, 5) is 37.0. The first-order chi connectivity index (χ1) is 20.0. The van der Waals surface area contributed by atoms with E-state index in [1.807, 2.05) is 0 Å². The van der Waals surface area contributed by atoms with Gasteiger partial charge in [-0.05, 0) is 27.7 Å². The Labute approximate surface area is 258 Å². The van der Waals surface area contributed by atoms with Gasteiger partial charge in [0.05, 0.1) is 38.4 Å². The molecule has 3 N–H and O–H groups in total. The third-order valence-corrected chi connectivity index (χ3v) is 9.10. The van der Waals surface area contributed by atoms with Gasteiger partial charge in [-0.1, -0.05) is 44.1 Å². The summed E-state index contributed by atoms with van der Waals surface area (Å²) in [7, 11) is -4.20. The van der Waals surface area contributed by atoms with E-state index < -0.39 is 55.3 Å². The molecule has 14 nitrogen and oxygen atoms in total. The van der Waals surface area contributed by atoms with Crippen LogP contribution in [-0.4, -0.2) is 79.6 Å². The summed E-state index contributed by atoms with van der Waals surface area (Å²) in [6, 6.07) is -1.08. The normalized spacial score (nSPS) is 22.9. The van der Waals surface area contributed by atoms with Crippen molar-refractivity contribution >= 4 is 59.3 Å². The van der Waals surface area contributed by atoms with Gasteiger partial charge in [-0.2, -0.15) is 9.97 Å². The van der Waals surface area contributed by atoms with Crippen LogP contribution in [0, 0.1) is 5.41 Å². The number of hydrogen-bond acceptors (Lipinski definition) is 13. The van der Waals surface area contributed by atoms with Gasteiger partial charge in [0.1, 0.15) is 6.04 Å². The van der Waals surface area contributed by atoms with E-state index in [9.17, 15) is 14.2 Å². The zero-order valence-electron chi connectivity index (χ0n) is 25.2. The van der Waals surface area contributed by atoms with Gasteiger partial charge in [0.25, 0.3) is 0 Å². The molecule has 3 heterocycles. The zero-order chi connectivity index (χ0) is 32.2. The number of nitrogens with zero attached hydrogens (tertiary/aromatic N) is 4. The fourth-order valence-corrected chi connectivity index (χ4v) is 6.58. The summed E-state index contributed by atoms with van der Waals surface area (Å²) in [5, 5.41) is 0.0323. The molecule has 43 heavy (non-hydrogen) atoms. The lowest BCUT2D eigenvalue weighted by molar-refractivity contribution is -0.149. The summed E-state index contributed by atoms with van der Waals surface area (Å²) in [5.74, 6) is -0.501. The van der Waals surface area contributed by atoms with Crippen LogP contribution in [0.3, 0.4) is 0 Å². The lowest BCUT2D eigenvalue weighted by Crippen LogP contribution is -2.36. The van der Waals surface area contributed by atoms with Gasteiger partial charge in [-0.3, -0.25) is 23.2 Å². The highest BCUT2D eigenvalue weighted by Crippen LogP contribution is 2.49. The first-order valence-electron chi connectivity index (χ1n) is 13.7. The summed E-state index contributed by atoms with van der Waals surface area (Å²) >= 11 is 7.26. The third-order valence-electron chi connectivity index (χ3n) is 5.80. The van der Waals surface area contributed by atoms with Crippen LogP contribution in [0.15, 0.2) is 6.33 Å². The minimum absolute atomic E-state index is 0.0760. The number of aromatic nitrogens is 4. The second-order valence-corrected chi connectivity index (χ2v) is 14.5. The van der Waals surface area contributed by atoms with E-state index in [0.717, 1.165) is 11.8 Å². The molecule has 0 amide bonds. The highest BCUT2D eigenvalue weighted by Gasteiger charge is 2.51. The number of halogens is 2. The van der Waals surface area contributed by atoms with Crippen LogP contribution in [0.2, 0.25) is 0 Å². The molecule has 2 aromatic rings. The average molecular weight is 669 g/mol. The molecule has 18 heteroatoms. The van der Waals surface area contributed by atoms with Crippen LogP contribution in [0.1, 0.15) is 61.1 Å². The highest BCUT2D eigenvalue weighted by molar-refractivity contribution is 8.13. The summed E-state index contributed by atoms with van der Waals surface area (Å²) in [5.41, 5.74) is 5.61. The number of carbonyl (C=O) groups excluding carboxylic acids is 2. The fraction of sp³-hybridized carbons (Fsp3) is 0.720. The van der Waals surface area contributed by atoms with Crippen molar-refractivity contribution in [1.29, 1.82) is 0 Å². The second-order valence-electron chi connectivity index (χ2n) is 11.1. The molecule has 0 radical (unpaired) electrons. The number of alkyl halides is 2. The monoisotopic (exact) mass is 668 g/mol. The van der Waals surface area contributed by atoms with Crippen LogP contribution in [0.4, 0.5) is 10.3 Å². The van der Waals surface area contributed by atoms with Crippen LogP contribution >= 0.6 is 31.1 Å². The van der Waals surface area contributed by atoms with E-state index in [0.29, 0.717) is 0 Å². The van der Waals surface area contributed by atoms with Gasteiger partial charge in [0.15, 0.2) is 22.5 Å². The number of anilines is 1. The first kappa shape index (κ1) is 35.4. The number of nitrogens with two attached hydrogens (primary N) is 1. The lowest BCUT2D eigenvalue weighted by Gasteiger charge is -2.24. The number of ether oxygens (including phenoxy) is 3. The largest absolute Gasteiger partial charge is 0.476 e.